The number of nitrogens with zero attached hydrogens (tertiary/aromatic N) is 3. The molecule has 1 aromatic heterocycles. The zero-order valence-corrected chi connectivity index (χ0v) is 33.1. The molecule has 2 aliphatic rings. The van der Waals surface area contributed by atoms with Crippen molar-refractivity contribution in [3.05, 3.63) is 70.9 Å². The molecule has 5 rings (SSSR count). The monoisotopic (exact) mass is 745 g/mol. The molecule has 3 amide bonds. The van der Waals surface area contributed by atoms with Crippen molar-refractivity contribution in [2.75, 3.05) is 24.5 Å². The molecule has 2 aromatic carbocycles. The number of aliphatic hydroxyl groups excluding tert-OH is 1. The van der Waals surface area contributed by atoms with Crippen LogP contribution in [-0.2, 0) is 30.3 Å². The van der Waals surface area contributed by atoms with Gasteiger partial charge in [0.1, 0.15) is 17.7 Å². The highest BCUT2D eigenvalue weighted by molar-refractivity contribution is 7.13. The number of nitrogens with one attached hydrogen (secondary N) is 2. The van der Waals surface area contributed by atoms with Gasteiger partial charge in [0.15, 0.2) is 0 Å². The minimum atomic E-state index is -0.883. The number of esters is 1. The molecule has 3 N–H and O–H groups in total. The fraction of sp³-hybridized carbons (Fsp3) is 0.537. The number of hydrogen-bond donors (Lipinski definition) is 3. The van der Waals surface area contributed by atoms with Gasteiger partial charge in [-0.15, -0.1) is 11.3 Å². The number of anilines is 1. The second-order valence-corrected chi connectivity index (χ2v) is 17.4. The number of piperidine rings is 1. The van der Waals surface area contributed by atoms with Crippen LogP contribution in [0.5, 0.6) is 0 Å². The van der Waals surface area contributed by atoms with Crippen LogP contribution in [0.3, 0.4) is 0 Å². The first-order chi connectivity index (χ1) is 24.9. The molecule has 2 aliphatic heterocycles. The van der Waals surface area contributed by atoms with Crippen molar-refractivity contribution in [1.82, 2.24) is 20.5 Å². The van der Waals surface area contributed by atoms with Gasteiger partial charge in [-0.3, -0.25) is 19.2 Å². The zero-order chi connectivity index (χ0) is 38.7. The van der Waals surface area contributed by atoms with Gasteiger partial charge in [-0.1, -0.05) is 57.2 Å². The third-order valence-electron chi connectivity index (χ3n) is 9.98. The number of likely N-dealkylation sites (tertiary alicyclic amines) is 1. The lowest BCUT2D eigenvalue weighted by Gasteiger charge is -2.38. The van der Waals surface area contributed by atoms with Gasteiger partial charge in [0.25, 0.3) is 0 Å². The average molecular weight is 746 g/mol. The van der Waals surface area contributed by atoms with Crippen LogP contribution in [0.4, 0.5) is 5.69 Å². The summed E-state index contributed by atoms with van der Waals surface area (Å²) in [6.07, 6.45) is 0.717. The van der Waals surface area contributed by atoms with Crippen molar-refractivity contribution in [3.63, 3.8) is 0 Å². The molecular weight excluding hydrogens is 691 g/mol. The molecule has 3 heterocycles. The van der Waals surface area contributed by atoms with E-state index in [9.17, 15) is 24.3 Å². The molecule has 2 fully saturated rings. The molecule has 11 nitrogen and oxygen atoms in total. The Morgan fingerprint density at radius 1 is 0.943 bits per heavy atom. The Kier molecular flexibility index (Phi) is 12.3. The van der Waals surface area contributed by atoms with E-state index in [0.29, 0.717) is 25.9 Å². The third-order valence-corrected chi connectivity index (χ3v) is 11.0. The molecule has 0 aliphatic carbocycles. The number of hydrogen-bond acceptors (Lipinski definition) is 9. The van der Waals surface area contributed by atoms with Gasteiger partial charge in [-0.05, 0) is 81.7 Å². The molecule has 53 heavy (non-hydrogen) atoms. The lowest BCUT2D eigenvalue weighted by atomic mass is 9.84. The summed E-state index contributed by atoms with van der Waals surface area (Å²) in [5.41, 5.74) is 5.50. The first-order valence-corrected chi connectivity index (χ1v) is 19.4. The molecule has 3 aromatic rings. The van der Waals surface area contributed by atoms with E-state index < -0.39 is 29.2 Å². The molecular formula is C41H55N5O6S. The maximum atomic E-state index is 14.2. The van der Waals surface area contributed by atoms with Crippen LogP contribution in [0.1, 0.15) is 90.6 Å². The molecule has 286 valence electrons. The van der Waals surface area contributed by atoms with E-state index >= 15 is 0 Å². The topological polar surface area (TPSA) is 141 Å². The SMILES string of the molecule is Cc1ncsc1-c1ccc([C@H](C)NC(=O)[C@@H]2C[C@@H](O)CN2C(=O)[C@@H](NC(=O)C2CCN(c3ccc(CC(=O)OC(C)(C)C)cc3)CC2)C(C)(C)C)cc1. The first-order valence-electron chi connectivity index (χ1n) is 18.5. The number of ether oxygens (including phenoxy) is 1. The second-order valence-electron chi connectivity index (χ2n) is 16.5. The predicted octanol–water partition coefficient (Wildman–Crippen LogP) is 5.59. The van der Waals surface area contributed by atoms with Gasteiger partial charge in [0.2, 0.25) is 17.7 Å². The highest BCUT2D eigenvalue weighted by Crippen LogP contribution is 2.31. The van der Waals surface area contributed by atoms with E-state index in [-0.39, 0.29) is 55.0 Å². The highest BCUT2D eigenvalue weighted by atomic mass is 32.1. The van der Waals surface area contributed by atoms with Gasteiger partial charge in [-0.25, -0.2) is 4.98 Å². The van der Waals surface area contributed by atoms with Crippen LogP contribution < -0.4 is 15.5 Å². The van der Waals surface area contributed by atoms with Crippen LogP contribution in [0.25, 0.3) is 10.4 Å². The number of benzene rings is 2. The summed E-state index contributed by atoms with van der Waals surface area (Å²) >= 11 is 1.58. The van der Waals surface area contributed by atoms with Gasteiger partial charge >= 0.3 is 5.97 Å². The Balaban J connectivity index is 1.17. The van der Waals surface area contributed by atoms with Crippen LogP contribution in [0.2, 0.25) is 0 Å². The van der Waals surface area contributed by atoms with Crippen molar-refractivity contribution >= 4 is 40.7 Å². The van der Waals surface area contributed by atoms with Crippen molar-refractivity contribution < 1.29 is 29.0 Å². The van der Waals surface area contributed by atoms with E-state index in [0.717, 1.165) is 32.9 Å². The molecule has 2 saturated heterocycles. The minimum absolute atomic E-state index is 0.0194. The van der Waals surface area contributed by atoms with Crippen molar-refractivity contribution in [3.8, 4) is 10.4 Å². The highest BCUT2D eigenvalue weighted by Gasteiger charge is 2.45. The first kappa shape index (κ1) is 39.9. The van der Waals surface area contributed by atoms with Gasteiger partial charge < -0.3 is 30.3 Å². The summed E-state index contributed by atoms with van der Waals surface area (Å²) in [5, 5.41) is 16.8. The smallest absolute Gasteiger partial charge is 0.310 e. The van der Waals surface area contributed by atoms with Gasteiger partial charge in [-0.2, -0.15) is 0 Å². The predicted molar refractivity (Wildman–Crippen MR) is 207 cm³/mol. The Bertz CT molecular complexity index is 1750. The summed E-state index contributed by atoms with van der Waals surface area (Å²) in [6.45, 7) is 16.5. The second kappa shape index (κ2) is 16.4. The molecule has 0 bridgehead atoms. The lowest BCUT2D eigenvalue weighted by Crippen LogP contribution is -2.59. The zero-order valence-electron chi connectivity index (χ0n) is 32.3. The Morgan fingerprint density at radius 2 is 1.58 bits per heavy atom. The lowest BCUT2D eigenvalue weighted by molar-refractivity contribution is -0.154. The number of rotatable bonds is 10. The van der Waals surface area contributed by atoms with Crippen LogP contribution in [-0.4, -0.2) is 82.1 Å². The normalized spacial score (nSPS) is 19.4. The maximum Gasteiger partial charge on any atom is 0.310 e. The van der Waals surface area contributed by atoms with Crippen LogP contribution in [0.15, 0.2) is 54.0 Å². The molecule has 0 spiro atoms. The molecule has 12 heteroatoms. The number of thiazole rings is 1. The largest absolute Gasteiger partial charge is 0.460 e. The van der Waals surface area contributed by atoms with Crippen LogP contribution in [0, 0.1) is 18.3 Å². The van der Waals surface area contributed by atoms with E-state index in [1.54, 1.807) is 11.3 Å². The van der Waals surface area contributed by atoms with Crippen molar-refractivity contribution in [1.29, 1.82) is 0 Å². The summed E-state index contributed by atoms with van der Waals surface area (Å²) < 4.78 is 5.44. The number of β-amino-alcohol motifs (C(OH)–C–C–N with tert-alkyl or cyclic N) is 1. The number of amides is 3. The van der Waals surface area contributed by atoms with Crippen molar-refractivity contribution in [2.24, 2.45) is 11.3 Å². The van der Waals surface area contributed by atoms with Gasteiger partial charge in [0.05, 0.1) is 34.6 Å². The molecule has 4 atom stereocenters. The van der Waals surface area contributed by atoms with Crippen molar-refractivity contribution in [2.45, 2.75) is 111 Å². The fourth-order valence-electron chi connectivity index (χ4n) is 7.04. The Labute approximate surface area is 317 Å². The third kappa shape index (κ3) is 10.2. The summed E-state index contributed by atoms with van der Waals surface area (Å²) in [7, 11) is 0. The molecule has 0 saturated carbocycles. The number of aromatic nitrogens is 1. The van der Waals surface area contributed by atoms with Gasteiger partial charge in [0, 0.05) is 37.7 Å². The standard InChI is InChI=1S/C41H55N5O6S/c1-25(28-11-13-29(14-12-28)35-26(2)42-24-53-35)43-38(50)33-22-32(47)23-46(33)39(51)36(40(3,4)5)44-37(49)30-17-19-45(20-18-30)31-15-9-27(10-16-31)21-34(48)52-41(6,7)8/h9-16,24-25,30,32-33,36,47H,17-23H2,1-8H3,(H,43,50)(H,44,49)/t25-,32+,33-,36+/m0/s1. The Morgan fingerprint density at radius 3 is 2.15 bits per heavy atom. The molecule has 0 radical (unpaired) electrons. The number of aliphatic hydroxyl groups is 1. The summed E-state index contributed by atoms with van der Waals surface area (Å²) in [6, 6.07) is 13.8. The quantitative estimate of drug-likeness (QED) is 0.228. The van der Waals surface area contributed by atoms with E-state index in [1.807, 2.05) is 109 Å². The van der Waals surface area contributed by atoms with E-state index in [4.69, 9.17) is 4.74 Å². The summed E-state index contributed by atoms with van der Waals surface area (Å²) in [5.74, 6) is -1.43. The maximum absolute atomic E-state index is 14.2. The fourth-order valence-corrected chi connectivity index (χ4v) is 7.86. The van der Waals surface area contributed by atoms with E-state index in [2.05, 4.69) is 20.5 Å². The number of carbonyl (C=O) groups is 4. The van der Waals surface area contributed by atoms with E-state index in [1.165, 1.54) is 4.90 Å². The number of carbonyl (C=O) groups excluding carboxylic acids is 4. The minimum Gasteiger partial charge on any atom is -0.460 e. The summed E-state index contributed by atoms with van der Waals surface area (Å²) in [4.78, 5) is 62.9. The number of aryl methyl sites for hydroxylation is 1. The van der Waals surface area contributed by atoms with Crippen LogP contribution >= 0.6 is 11.3 Å². The Hall–Kier alpha value is -4.29. The average Bonchev–Trinajstić information content (AvgIpc) is 3.71. The molecule has 0 unspecified atom stereocenters.